The van der Waals surface area contributed by atoms with Crippen molar-refractivity contribution in [3.63, 3.8) is 0 Å². The van der Waals surface area contributed by atoms with Crippen molar-refractivity contribution < 1.29 is 19.8 Å². The van der Waals surface area contributed by atoms with Gasteiger partial charge >= 0.3 is 0 Å². The second-order valence-corrected chi connectivity index (χ2v) is 7.15. The molecule has 0 saturated carbocycles. The molecule has 3 rings (SSSR count). The lowest BCUT2D eigenvalue weighted by molar-refractivity contribution is -0.128. The predicted octanol–water partition coefficient (Wildman–Crippen LogP) is -0.567. The molecule has 2 aliphatic heterocycles. The van der Waals surface area contributed by atoms with E-state index < -0.39 is 35.9 Å². The van der Waals surface area contributed by atoms with Crippen LogP contribution >= 0.6 is 0 Å². The predicted molar refractivity (Wildman–Crippen MR) is 108 cm³/mol. The monoisotopic (exact) mass is 394 g/mol. The second-order valence-electron chi connectivity index (χ2n) is 7.15. The average molecular weight is 395 g/mol. The van der Waals surface area contributed by atoms with Gasteiger partial charge in [0, 0.05) is 26.2 Å². The van der Waals surface area contributed by atoms with Crippen LogP contribution in [-0.4, -0.2) is 65.3 Å². The van der Waals surface area contributed by atoms with Gasteiger partial charge in [-0.25, -0.2) is 0 Å². The molecule has 4 unspecified atom stereocenters. The maximum atomic E-state index is 11.2. The Morgan fingerprint density at radius 1 is 1.04 bits per heavy atom. The molecule has 0 bridgehead atoms. The molecule has 28 heavy (non-hydrogen) atoms. The molecule has 158 valence electrons. The lowest BCUT2D eigenvalue weighted by Crippen LogP contribution is -2.48. The number of carbonyl (C=O) groups excluding carboxylic acids is 2. The lowest BCUT2D eigenvalue weighted by atomic mass is 9.94. The topological polar surface area (TPSA) is 142 Å². The zero-order chi connectivity index (χ0) is 19.8. The molecule has 1 aromatic rings. The normalized spacial score (nSPS) is 27.6. The number of carbonyl (C=O) groups is 2. The molecule has 2 aliphatic rings. The number of aliphatic hydroxyl groups excluding tert-OH is 2. The molecular weight excluding hydrogens is 360 g/mol. The van der Waals surface area contributed by atoms with E-state index in [1.807, 2.05) is 18.2 Å². The third-order valence-electron chi connectivity index (χ3n) is 5.09. The Kier molecular flexibility index (Phi) is 10.1. The minimum absolute atomic E-state index is 0. The van der Waals surface area contributed by atoms with Gasteiger partial charge in [-0.1, -0.05) is 37.8 Å². The summed E-state index contributed by atoms with van der Waals surface area (Å²) < 4.78 is 0. The molecule has 8 heteroatoms. The van der Waals surface area contributed by atoms with Crippen LogP contribution < -0.4 is 16.8 Å². The van der Waals surface area contributed by atoms with Gasteiger partial charge in [0.15, 0.2) is 0 Å². The van der Waals surface area contributed by atoms with Crippen LogP contribution in [0.2, 0.25) is 0 Å². The largest absolute Gasteiger partial charge is 0.392 e. The number of rotatable bonds is 4. The average Bonchev–Trinajstić information content (AvgIpc) is 2.64. The number of amides is 2. The van der Waals surface area contributed by atoms with Crippen LogP contribution in [0.1, 0.15) is 25.8 Å². The number of likely N-dealkylation sites (tertiary alicyclic amines) is 1. The Labute approximate surface area is 166 Å². The van der Waals surface area contributed by atoms with Gasteiger partial charge < -0.3 is 27.0 Å². The summed E-state index contributed by atoms with van der Waals surface area (Å²) in [7, 11) is 0. The number of primary amides is 2. The van der Waals surface area contributed by atoms with Crippen LogP contribution in [0.3, 0.4) is 0 Å². The van der Waals surface area contributed by atoms with Crippen LogP contribution in [0.25, 0.3) is 0 Å². The summed E-state index contributed by atoms with van der Waals surface area (Å²) in [6.07, 6.45) is 0.104. The fourth-order valence-corrected chi connectivity index (χ4v) is 3.41. The molecule has 0 aliphatic carbocycles. The van der Waals surface area contributed by atoms with Crippen molar-refractivity contribution in [1.29, 1.82) is 0 Å². The van der Waals surface area contributed by atoms with E-state index in [1.54, 1.807) is 0 Å². The molecule has 7 N–H and O–H groups in total. The minimum Gasteiger partial charge on any atom is -0.392 e. The van der Waals surface area contributed by atoms with Crippen molar-refractivity contribution in [2.45, 2.75) is 39.0 Å². The van der Waals surface area contributed by atoms with E-state index in [0.717, 1.165) is 19.6 Å². The minimum atomic E-state index is -0.584. The van der Waals surface area contributed by atoms with Crippen molar-refractivity contribution in [3.8, 4) is 0 Å². The van der Waals surface area contributed by atoms with Crippen molar-refractivity contribution >= 4 is 11.8 Å². The highest BCUT2D eigenvalue weighted by molar-refractivity contribution is 5.78. The number of nitrogens with two attached hydrogens (primary N) is 2. The molecule has 2 saturated heterocycles. The second kappa shape index (κ2) is 11.8. The molecule has 1 aromatic carbocycles. The van der Waals surface area contributed by atoms with E-state index in [9.17, 15) is 19.8 Å². The SMILES string of the molecule is C.NC(=O)C1CN(Cc2ccccc2)CCC1O.NC(=O)C1CNCCC1O. The van der Waals surface area contributed by atoms with Gasteiger partial charge in [0.1, 0.15) is 0 Å². The van der Waals surface area contributed by atoms with Crippen LogP contribution in [0.15, 0.2) is 30.3 Å². The molecule has 0 spiro atoms. The van der Waals surface area contributed by atoms with Gasteiger partial charge in [0.05, 0.1) is 24.0 Å². The lowest BCUT2D eigenvalue weighted by Gasteiger charge is -2.34. The number of aliphatic hydroxyl groups is 2. The van der Waals surface area contributed by atoms with E-state index >= 15 is 0 Å². The maximum Gasteiger partial charge on any atom is 0.224 e. The number of hydrogen-bond acceptors (Lipinski definition) is 6. The summed E-state index contributed by atoms with van der Waals surface area (Å²) in [4.78, 5) is 23.9. The number of hydrogen-bond donors (Lipinski definition) is 5. The summed E-state index contributed by atoms with van der Waals surface area (Å²) in [6.45, 7) is 3.43. The standard InChI is InChI=1S/C13H18N2O2.C6H12N2O2.CH4/c14-13(17)11-9-15(7-6-12(11)16)8-10-4-2-1-3-5-10;7-6(10)4-3-8-2-1-5(4)9;/h1-5,11-12,16H,6-9H2,(H2,14,17);4-5,8-9H,1-3H2,(H2,7,10);1H4. The highest BCUT2D eigenvalue weighted by atomic mass is 16.3. The smallest absolute Gasteiger partial charge is 0.224 e. The number of benzene rings is 1. The Morgan fingerprint density at radius 2 is 1.64 bits per heavy atom. The van der Waals surface area contributed by atoms with Crippen molar-refractivity contribution in [3.05, 3.63) is 35.9 Å². The molecule has 8 nitrogen and oxygen atoms in total. The molecule has 0 radical (unpaired) electrons. The summed E-state index contributed by atoms with van der Waals surface area (Å²) >= 11 is 0. The number of nitrogens with zero attached hydrogens (tertiary/aromatic N) is 1. The van der Waals surface area contributed by atoms with E-state index in [1.165, 1.54) is 5.56 Å². The Hall–Kier alpha value is -2.00. The zero-order valence-corrected chi connectivity index (χ0v) is 15.5. The van der Waals surface area contributed by atoms with E-state index in [-0.39, 0.29) is 7.43 Å². The molecule has 4 atom stereocenters. The first-order valence-electron chi connectivity index (χ1n) is 9.30. The Balaban J connectivity index is 0.000000307. The molecule has 2 amide bonds. The fraction of sp³-hybridized carbons (Fsp3) is 0.600. The first-order chi connectivity index (χ1) is 12.9. The van der Waals surface area contributed by atoms with Gasteiger partial charge in [-0.3, -0.25) is 14.5 Å². The van der Waals surface area contributed by atoms with Gasteiger partial charge in [0.2, 0.25) is 11.8 Å². The first kappa shape index (κ1) is 24.0. The molecule has 0 aromatic heterocycles. The third-order valence-corrected chi connectivity index (χ3v) is 5.09. The maximum absolute atomic E-state index is 11.2. The molecule has 2 heterocycles. The molecular formula is C20H34N4O4. The summed E-state index contributed by atoms with van der Waals surface area (Å²) in [5.74, 6) is -1.66. The van der Waals surface area contributed by atoms with Gasteiger partial charge in [-0.05, 0) is 24.9 Å². The van der Waals surface area contributed by atoms with E-state index in [4.69, 9.17) is 11.5 Å². The quantitative estimate of drug-likeness (QED) is 0.463. The van der Waals surface area contributed by atoms with Crippen LogP contribution in [-0.2, 0) is 16.1 Å². The van der Waals surface area contributed by atoms with E-state index in [0.29, 0.717) is 25.9 Å². The van der Waals surface area contributed by atoms with Gasteiger partial charge in [0.25, 0.3) is 0 Å². The van der Waals surface area contributed by atoms with Crippen molar-refractivity contribution in [2.24, 2.45) is 23.3 Å². The van der Waals surface area contributed by atoms with Crippen LogP contribution in [0.4, 0.5) is 0 Å². The van der Waals surface area contributed by atoms with Crippen LogP contribution in [0.5, 0.6) is 0 Å². The summed E-state index contributed by atoms with van der Waals surface area (Å²) in [5, 5.41) is 21.9. The Bertz CT molecular complexity index is 613. The van der Waals surface area contributed by atoms with Crippen molar-refractivity contribution in [1.82, 2.24) is 10.2 Å². The fourth-order valence-electron chi connectivity index (χ4n) is 3.41. The van der Waals surface area contributed by atoms with Gasteiger partial charge in [-0.2, -0.15) is 0 Å². The van der Waals surface area contributed by atoms with Crippen molar-refractivity contribution in [2.75, 3.05) is 26.2 Å². The van der Waals surface area contributed by atoms with Crippen LogP contribution in [0, 0.1) is 11.8 Å². The highest BCUT2D eigenvalue weighted by Gasteiger charge is 2.31. The number of nitrogens with one attached hydrogen (secondary N) is 1. The first-order valence-corrected chi connectivity index (χ1v) is 9.30. The summed E-state index contributed by atoms with van der Waals surface area (Å²) in [5.41, 5.74) is 11.5. The number of piperidine rings is 2. The zero-order valence-electron chi connectivity index (χ0n) is 15.5. The van der Waals surface area contributed by atoms with E-state index in [2.05, 4.69) is 22.3 Å². The molecule has 2 fully saturated rings. The summed E-state index contributed by atoms with van der Waals surface area (Å²) in [6, 6.07) is 10.1. The van der Waals surface area contributed by atoms with Gasteiger partial charge in [-0.15, -0.1) is 0 Å². The highest BCUT2D eigenvalue weighted by Crippen LogP contribution is 2.19. The Morgan fingerprint density at radius 3 is 2.18 bits per heavy atom. The third kappa shape index (κ3) is 7.20.